The summed E-state index contributed by atoms with van der Waals surface area (Å²) in [7, 11) is 0. The molecule has 1 rings (SSSR count). The quantitative estimate of drug-likeness (QED) is 0.432. The van der Waals surface area contributed by atoms with Gasteiger partial charge in [0.2, 0.25) is 0 Å². The SMILES string of the molecule is C=C(C)/C(C)=C/N=CC1CC1. The number of rotatable bonds is 3. The fourth-order valence-electron chi connectivity index (χ4n) is 0.632. The summed E-state index contributed by atoms with van der Waals surface area (Å²) in [6.07, 6.45) is 6.57. The lowest BCUT2D eigenvalue weighted by atomic mass is 10.2. The Bertz CT molecular complexity index is 207. The van der Waals surface area contributed by atoms with Crippen molar-refractivity contribution in [2.75, 3.05) is 0 Å². The van der Waals surface area contributed by atoms with Crippen molar-refractivity contribution in [3.8, 4) is 0 Å². The molecule has 1 saturated carbocycles. The average Bonchev–Trinajstić information content (AvgIpc) is 2.71. The van der Waals surface area contributed by atoms with Crippen molar-refractivity contribution in [1.82, 2.24) is 0 Å². The first-order valence-corrected chi connectivity index (χ1v) is 4.06. The van der Waals surface area contributed by atoms with Crippen molar-refractivity contribution in [1.29, 1.82) is 0 Å². The van der Waals surface area contributed by atoms with Crippen LogP contribution in [0.1, 0.15) is 26.7 Å². The minimum Gasteiger partial charge on any atom is -0.269 e. The van der Waals surface area contributed by atoms with E-state index in [-0.39, 0.29) is 0 Å². The molecule has 0 aromatic carbocycles. The Hall–Kier alpha value is -0.850. The van der Waals surface area contributed by atoms with E-state index in [1.54, 1.807) is 0 Å². The molecule has 0 aromatic rings. The van der Waals surface area contributed by atoms with E-state index in [9.17, 15) is 0 Å². The zero-order valence-corrected chi connectivity index (χ0v) is 7.30. The highest BCUT2D eigenvalue weighted by molar-refractivity contribution is 5.64. The van der Waals surface area contributed by atoms with Crippen molar-refractivity contribution in [2.24, 2.45) is 10.9 Å². The molecule has 11 heavy (non-hydrogen) atoms. The maximum Gasteiger partial charge on any atom is 0.0295 e. The van der Waals surface area contributed by atoms with Gasteiger partial charge in [-0.3, -0.25) is 4.99 Å². The van der Waals surface area contributed by atoms with E-state index in [1.165, 1.54) is 18.4 Å². The van der Waals surface area contributed by atoms with E-state index >= 15 is 0 Å². The molecule has 1 aliphatic carbocycles. The van der Waals surface area contributed by atoms with Crippen LogP contribution >= 0.6 is 0 Å². The van der Waals surface area contributed by atoms with E-state index in [4.69, 9.17) is 0 Å². The van der Waals surface area contributed by atoms with E-state index in [2.05, 4.69) is 11.6 Å². The van der Waals surface area contributed by atoms with E-state index in [0.29, 0.717) is 0 Å². The van der Waals surface area contributed by atoms with Crippen molar-refractivity contribution in [2.45, 2.75) is 26.7 Å². The molecule has 0 heterocycles. The van der Waals surface area contributed by atoms with Gasteiger partial charge >= 0.3 is 0 Å². The molecule has 1 nitrogen and oxygen atoms in total. The molecule has 0 bridgehead atoms. The Labute approximate surface area is 68.5 Å². The van der Waals surface area contributed by atoms with Gasteiger partial charge < -0.3 is 0 Å². The molecule has 0 aromatic heterocycles. The lowest BCUT2D eigenvalue weighted by Crippen LogP contribution is -1.76. The first-order chi connectivity index (χ1) is 5.20. The summed E-state index contributed by atoms with van der Waals surface area (Å²) in [6.45, 7) is 7.86. The summed E-state index contributed by atoms with van der Waals surface area (Å²) < 4.78 is 0. The second kappa shape index (κ2) is 3.51. The number of hydrogen-bond donors (Lipinski definition) is 0. The Balaban J connectivity index is 2.37. The minimum atomic E-state index is 0.768. The maximum atomic E-state index is 4.21. The number of aliphatic imine (C=N–C) groups is 1. The van der Waals surface area contributed by atoms with Crippen molar-refractivity contribution in [3.63, 3.8) is 0 Å². The van der Waals surface area contributed by atoms with E-state index in [0.717, 1.165) is 11.5 Å². The third kappa shape index (κ3) is 3.17. The van der Waals surface area contributed by atoms with Crippen LogP contribution in [-0.2, 0) is 0 Å². The molecular formula is C10H15N. The highest BCUT2D eigenvalue weighted by Gasteiger charge is 2.17. The molecule has 0 amide bonds. The molecule has 0 atom stereocenters. The largest absolute Gasteiger partial charge is 0.269 e. The molecule has 0 N–H and O–H groups in total. The third-order valence-electron chi connectivity index (χ3n) is 1.86. The van der Waals surface area contributed by atoms with Crippen LogP contribution in [0.2, 0.25) is 0 Å². The summed E-state index contributed by atoms with van der Waals surface area (Å²) in [4.78, 5) is 4.21. The van der Waals surface area contributed by atoms with E-state index < -0.39 is 0 Å². The van der Waals surface area contributed by atoms with Crippen molar-refractivity contribution in [3.05, 3.63) is 23.9 Å². The number of hydrogen-bond acceptors (Lipinski definition) is 1. The molecule has 0 unspecified atom stereocenters. The van der Waals surface area contributed by atoms with Gasteiger partial charge in [-0.2, -0.15) is 0 Å². The van der Waals surface area contributed by atoms with Crippen LogP contribution in [0.15, 0.2) is 28.9 Å². The fraction of sp³-hybridized carbons (Fsp3) is 0.500. The summed E-state index contributed by atoms with van der Waals surface area (Å²) in [6, 6.07) is 0. The molecule has 0 saturated heterocycles. The summed E-state index contributed by atoms with van der Waals surface area (Å²) >= 11 is 0. The molecule has 1 fully saturated rings. The summed E-state index contributed by atoms with van der Waals surface area (Å²) in [5.41, 5.74) is 2.26. The fourth-order valence-corrected chi connectivity index (χ4v) is 0.632. The lowest BCUT2D eigenvalue weighted by Gasteiger charge is -1.93. The van der Waals surface area contributed by atoms with Gasteiger partial charge in [-0.25, -0.2) is 0 Å². The molecule has 1 aliphatic rings. The van der Waals surface area contributed by atoms with Crippen LogP contribution in [0, 0.1) is 5.92 Å². The van der Waals surface area contributed by atoms with Gasteiger partial charge in [0.15, 0.2) is 0 Å². The molecule has 0 radical (unpaired) electrons. The van der Waals surface area contributed by atoms with Gasteiger partial charge in [-0.05, 0) is 38.2 Å². The zero-order valence-electron chi connectivity index (χ0n) is 7.30. The maximum absolute atomic E-state index is 4.21. The Morgan fingerprint density at radius 1 is 1.45 bits per heavy atom. The van der Waals surface area contributed by atoms with E-state index in [1.807, 2.05) is 26.3 Å². The number of nitrogens with zero attached hydrogens (tertiary/aromatic N) is 1. The Morgan fingerprint density at radius 2 is 2.09 bits per heavy atom. The number of allylic oxidation sites excluding steroid dienone is 2. The average molecular weight is 149 g/mol. The highest BCUT2D eigenvalue weighted by atomic mass is 14.7. The topological polar surface area (TPSA) is 12.4 Å². The molecule has 60 valence electrons. The van der Waals surface area contributed by atoms with Crippen molar-refractivity contribution >= 4 is 6.21 Å². The predicted molar refractivity (Wildman–Crippen MR) is 49.8 cm³/mol. The Kier molecular flexibility index (Phi) is 2.64. The molecule has 1 heteroatoms. The van der Waals surface area contributed by atoms with Crippen molar-refractivity contribution < 1.29 is 0 Å². The molecule has 0 aliphatic heterocycles. The smallest absolute Gasteiger partial charge is 0.0295 e. The first-order valence-electron chi connectivity index (χ1n) is 4.06. The minimum absolute atomic E-state index is 0.768. The summed E-state index contributed by atoms with van der Waals surface area (Å²) in [5, 5.41) is 0. The van der Waals surface area contributed by atoms with Gasteiger partial charge in [0.25, 0.3) is 0 Å². The monoisotopic (exact) mass is 149 g/mol. The van der Waals surface area contributed by atoms with Crippen LogP contribution in [-0.4, -0.2) is 6.21 Å². The van der Waals surface area contributed by atoms with Gasteiger partial charge in [0.1, 0.15) is 0 Å². The van der Waals surface area contributed by atoms with Gasteiger partial charge in [-0.15, -0.1) is 0 Å². The Morgan fingerprint density at radius 3 is 2.55 bits per heavy atom. The standard InChI is InChI=1S/C10H15N/c1-8(2)9(3)6-11-7-10-4-5-10/h6-7,10H,1,4-5H2,2-3H3/b9-6+,11-7?. The van der Waals surface area contributed by atoms with Crippen LogP contribution in [0.4, 0.5) is 0 Å². The van der Waals surface area contributed by atoms with Gasteiger partial charge in [0, 0.05) is 12.4 Å². The van der Waals surface area contributed by atoms with Gasteiger partial charge in [-0.1, -0.05) is 12.2 Å². The lowest BCUT2D eigenvalue weighted by molar-refractivity contribution is 1.22. The normalized spacial score (nSPS) is 19.3. The highest BCUT2D eigenvalue weighted by Crippen LogP contribution is 2.26. The molecule has 0 spiro atoms. The third-order valence-corrected chi connectivity index (χ3v) is 1.86. The van der Waals surface area contributed by atoms with Crippen LogP contribution in [0.25, 0.3) is 0 Å². The zero-order chi connectivity index (χ0) is 8.27. The van der Waals surface area contributed by atoms with Crippen LogP contribution in [0.3, 0.4) is 0 Å². The van der Waals surface area contributed by atoms with Gasteiger partial charge in [0.05, 0.1) is 0 Å². The predicted octanol–water partition coefficient (Wildman–Crippen LogP) is 2.95. The molecular weight excluding hydrogens is 134 g/mol. The summed E-state index contributed by atoms with van der Waals surface area (Å²) in [5.74, 6) is 0.768. The second-order valence-electron chi connectivity index (χ2n) is 3.23. The van der Waals surface area contributed by atoms with Crippen LogP contribution in [0.5, 0.6) is 0 Å². The second-order valence-corrected chi connectivity index (χ2v) is 3.23. The van der Waals surface area contributed by atoms with Crippen LogP contribution < -0.4 is 0 Å². The first kappa shape index (κ1) is 8.25.